The second-order valence-electron chi connectivity index (χ2n) is 6.70. The molecule has 0 aliphatic rings. The van der Waals surface area contributed by atoms with Crippen molar-refractivity contribution in [1.82, 2.24) is 15.2 Å². The molecule has 10 heteroatoms. The summed E-state index contributed by atoms with van der Waals surface area (Å²) in [6.45, 7) is 1.88. The van der Waals surface area contributed by atoms with Gasteiger partial charge in [-0.25, -0.2) is 18.2 Å². The zero-order valence-corrected chi connectivity index (χ0v) is 17.1. The molecular weight excluding hydrogens is 423 g/mol. The van der Waals surface area contributed by atoms with E-state index in [9.17, 15) is 13.2 Å². The second kappa shape index (κ2) is 8.96. The lowest BCUT2D eigenvalue weighted by Crippen LogP contribution is -2.02. The van der Waals surface area contributed by atoms with E-state index >= 15 is 0 Å². The number of benzene rings is 2. The first kappa shape index (κ1) is 21.2. The highest BCUT2D eigenvalue weighted by Gasteiger charge is 2.21. The molecule has 2 N–H and O–H groups in total. The van der Waals surface area contributed by atoms with Gasteiger partial charge in [-0.05, 0) is 42.3 Å². The molecule has 7 nitrogen and oxygen atoms in total. The van der Waals surface area contributed by atoms with Crippen molar-refractivity contribution in [1.29, 1.82) is 0 Å². The van der Waals surface area contributed by atoms with Crippen LogP contribution in [0.5, 0.6) is 5.88 Å². The van der Waals surface area contributed by atoms with Gasteiger partial charge in [0.1, 0.15) is 5.82 Å². The Kier molecular flexibility index (Phi) is 5.93. The fourth-order valence-electron chi connectivity index (χ4n) is 2.95. The first-order valence-corrected chi connectivity index (χ1v) is 9.63. The number of halogens is 3. The number of hydrogen-bond donors (Lipinski definition) is 2. The summed E-state index contributed by atoms with van der Waals surface area (Å²) < 4.78 is 53.6. The molecule has 2 aromatic carbocycles. The molecule has 0 spiro atoms. The normalized spacial score (nSPS) is 10.8. The predicted octanol–water partition coefficient (Wildman–Crippen LogP) is 5.61. The van der Waals surface area contributed by atoms with E-state index in [1.165, 1.54) is 31.5 Å². The minimum absolute atomic E-state index is 0.00105. The summed E-state index contributed by atoms with van der Waals surface area (Å²) in [5, 5.41) is 13.2. The van der Waals surface area contributed by atoms with Gasteiger partial charge in [0, 0.05) is 6.07 Å². The topological polar surface area (TPSA) is 85.1 Å². The van der Waals surface area contributed by atoms with Gasteiger partial charge in [-0.3, -0.25) is 0 Å². The van der Waals surface area contributed by atoms with Crippen LogP contribution in [-0.2, 0) is 6.42 Å². The number of anilines is 4. The van der Waals surface area contributed by atoms with Crippen LogP contribution in [0.1, 0.15) is 12.5 Å². The number of nitrogens with one attached hydrogen (secondary N) is 2. The molecule has 0 radical (unpaired) electrons. The van der Waals surface area contributed by atoms with E-state index in [0.29, 0.717) is 18.0 Å². The minimum atomic E-state index is -1.20. The molecule has 2 heterocycles. The third-order valence-corrected chi connectivity index (χ3v) is 4.65. The number of pyridine rings is 1. The third kappa shape index (κ3) is 4.34. The molecule has 0 aliphatic heterocycles. The van der Waals surface area contributed by atoms with Crippen molar-refractivity contribution in [2.45, 2.75) is 13.3 Å². The molecule has 2 aromatic heterocycles. The Labute approximate surface area is 181 Å². The largest absolute Gasteiger partial charge is 0.481 e. The lowest BCUT2D eigenvalue weighted by Gasteiger charge is -2.13. The Hall–Kier alpha value is -4.08. The van der Waals surface area contributed by atoms with Gasteiger partial charge in [0.25, 0.3) is 5.89 Å². The summed E-state index contributed by atoms with van der Waals surface area (Å²) in [5.74, 6) is -2.57. The summed E-state index contributed by atoms with van der Waals surface area (Å²) in [5.41, 5.74) is 1.04. The van der Waals surface area contributed by atoms with Gasteiger partial charge in [-0.2, -0.15) is 0 Å². The maximum absolute atomic E-state index is 14.7. The Morgan fingerprint density at radius 2 is 1.81 bits per heavy atom. The molecule has 4 rings (SSSR count). The summed E-state index contributed by atoms with van der Waals surface area (Å²) in [6.07, 6.45) is 2.13. The molecule has 0 amide bonds. The van der Waals surface area contributed by atoms with Gasteiger partial charge < -0.3 is 19.8 Å². The SMILES string of the molecule is CCc1ccc(Nc2c(-c3nnc(Nc4ccc(OC)nc4)o3)ccc(F)c2F)c(F)c1. The van der Waals surface area contributed by atoms with Crippen molar-refractivity contribution >= 4 is 23.1 Å². The van der Waals surface area contributed by atoms with E-state index in [0.717, 1.165) is 11.6 Å². The molecule has 0 fully saturated rings. The Bertz CT molecular complexity index is 1250. The van der Waals surface area contributed by atoms with Crippen molar-refractivity contribution in [3.05, 3.63) is 71.7 Å². The molecule has 0 unspecified atom stereocenters. The summed E-state index contributed by atoms with van der Waals surface area (Å²) in [6, 6.07) is 10.00. The number of aryl methyl sites for hydroxylation is 1. The number of rotatable bonds is 7. The predicted molar refractivity (Wildman–Crippen MR) is 113 cm³/mol. The average molecular weight is 441 g/mol. The number of hydrogen-bond acceptors (Lipinski definition) is 7. The smallest absolute Gasteiger partial charge is 0.320 e. The highest BCUT2D eigenvalue weighted by atomic mass is 19.2. The Balaban J connectivity index is 1.65. The van der Waals surface area contributed by atoms with Crippen LogP contribution < -0.4 is 15.4 Å². The fourth-order valence-corrected chi connectivity index (χ4v) is 2.95. The van der Waals surface area contributed by atoms with Crippen LogP contribution in [0.15, 0.2) is 53.1 Å². The molecule has 0 bridgehead atoms. The van der Waals surface area contributed by atoms with E-state index in [1.807, 2.05) is 6.92 Å². The first-order valence-electron chi connectivity index (χ1n) is 9.63. The van der Waals surface area contributed by atoms with Crippen LogP contribution in [0.3, 0.4) is 0 Å². The van der Waals surface area contributed by atoms with Crippen LogP contribution in [0.2, 0.25) is 0 Å². The lowest BCUT2D eigenvalue weighted by molar-refractivity contribution is 0.398. The molecule has 0 aliphatic carbocycles. The molecular formula is C22H18F3N5O2. The van der Waals surface area contributed by atoms with Crippen LogP contribution in [0.25, 0.3) is 11.5 Å². The van der Waals surface area contributed by atoms with Crippen molar-refractivity contribution in [3.8, 4) is 17.3 Å². The van der Waals surface area contributed by atoms with Gasteiger partial charge in [0.05, 0.1) is 35.9 Å². The lowest BCUT2D eigenvalue weighted by atomic mass is 10.1. The molecule has 0 saturated heterocycles. The highest BCUT2D eigenvalue weighted by molar-refractivity contribution is 5.78. The van der Waals surface area contributed by atoms with E-state index in [4.69, 9.17) is 9.15 Å². The second-order valence-corrected chi connectivity index (χ2v) is 6.70. The number of aromatic nitrogens is 3. The van der Waals surface area contributed by atoms with Gasteiger partial charge in [-0.1, -0.05) is 18.1 Å². The van der Waals surface area contributed by atoms with E-state index in [2.05, 4.69) is 25.8 Å². The number of ether oxygens (including phenoxy) is 1. The third-order valence-electron chi connectivity index (χ3n) is 4.65. The quantitative estimate of drug-likeness (QED) is 0.386. The van der Waals surface area contributed by atoms with Crippen molar-refractivity contribution in [2.75, 3.05) is 17.7 Å². The highest BCUT2D eigenvalue weighted by Crippen LogP contribution is 2.35. The van der Waals surface area contributed by atoms with Gasteiger partial charge in [0.2, 0.25) is 5.88 Å². The van der Waals surface area contributed by atoms with E-state index in [-0.39, 0.29) is 28.8 Å². The minimum Gasteiger partial charge on any atom is -0.481 e. The van der Waals surface area contributed by atoms with Crippen LogP contribution in [0.4, 0.5) is 36.2 Å². The Morgan fingerprint density at radius 1 is 0.969 bits per heavy atom. The van der Waals surface area contributed by atoms with E-state index in [1.54, 1.807) is 18.2 Å². The summed E-state index contributed by atoms with van der Waals surface area (Å²) in [7, 11) is 1.50. The molecule has 164 valence electrons. The zero-order valence-electron chi connectivity index (χ0n) is 17.1. The van der Waals surface area contributed by atoms with E-state index < -0.39 is 17.5 Å². The average Bonchev–Trinajstić information content (AvgIpc) is 3.26. The standard InChI is InChI=1S/C22H18F3N5O2/c1-3-12-4-8-17(16(24)10-12)28-20-14(6-7-15(23)19(20)25)21-29-30-22(32-21)27-13-5-9-18(31-2)26-11-13/h4-11,28H,3H2,1-2H3,(H,27,30). The number of methoxy groups -OCH3 is 1. The first-order chi connectivity index (χ1) is 15.5. The number of nitrogens with zero attached hydrogens (tertiary/aromatic N) is 3. The van der Waals surface area contributed by atoms with Gasteiger partial charge >= 0.3 is 6.01 Å². The van der Waals surface area contributed by atoms with Crippen molar-refractivity contribution < 1.29 is 22.3 Å². The van der Waals surface area contributed by atoms with Gasteiger partial charge in [-0.15, -0.1) is 5.10 Å². The summed E-state index contributed by atoms with van der Waals surface area (Å²) >= 11 is 0. The zero-order chi connectivity index (χ0) is 22.7. The van der Waals surface area contributed by atoms with Crippen LogP contribution in [-0.4, -0.2) is 22.3 Å². The van der Waals surface area contributed by atoms with Crippen LogP contribution >= 0.6 is 0 Å². The maximum atomic E-state index is 14.7. The molecule has 0 saturated carbocycles. The summed E-state index contributed by atoms with van der Waals surface area (Å²) in [4.78, 5) is 4.05. The molecule has 0 atom stereocenters. The van der Waals surface area contributed by atoms with Crippen molar-refractivity contribution in [3.63, 3.8) is 0 Å². The molecule has 32 heavy (non-hydrogen) atoms. The Morgan fingerprint density at radius 3 is 2.50 bits per heavy atom. The fraction of sp³-hybridized carbons (Fsp3) is 0.136. The monoisotopic (exact) mass is 441 g/mol. The molecule has 4 aromatic rings. The maximum Gasteiger partial charge on any atom is 0.320 e. The van der Waals surface area contributed by atoms with Crippen LogP contribution in [0, 0.1) is 17.5 Å². The van der Waals surface area contributed by atoms with Crippen molar-refractivity contribution in [2.24, 2.45) is 0 Å². The van der Waals surface area contributed by atoms with Gasteiger partial charge in [0.15, 0.2) is 11.6 Å².